The van der Waals surface area contributed by atoms with Crippen LogP contribution in [-0.2, 0) is 20.7 Å². The Morgan fingerprint density at radius 2 is 1.83 bits per heavy atom. The zero-order chi connectivity index (χ0) is 21.0. The maximum Gasteiger partial charge on any atom is 0.337 e. The van der Waals surface area contributed by atoms with Crippen LogP contribution in [0.15, 0.2) is 59.5 Å². The number of thioether (sulfide) groups is 1. The van der Waals surface area contributed by atoms with Crippen molar-refractivity contribution >= 4 is 52.2 Å². The van der Waals surface area contributed by atoms with Crippen LogP contribution in [0.2, 0.25) is 0 Å². The van der Waals surface area contributed by atoms with E-state index in [2.05, 4.69) is 4.74 Å². The molecule has 1 saturated heterocycles. The average Bonchev–Trinajstić information content (AvgIpc) is 2.99. The normalized spacial score (nSPS) is 16.2. The first kappa shape index (κ1) is 20.8. The Bertz CT molecular complexity index is 986. The standard InChI is InChI=1S/C21H17NO5S2/c1-27-20(26)15-9-7-14(8-10-15)12-17-18(23)22(21(28)29-17)16(19(24)25)11-13-5-3-2-4-6-13/h2-10,12,16H,11H2,1H3,(H,24,25)/b17-12-/t16-/m0/s1. The summed E-state index contributed by atoms with van der Waals surface area (Å²) in [6, 6.07) is 14.5. The van der Waals surface area contributed by atoms with E-state index < -0.39 is 23.9 Å². The molecule has 0 radical (unpaired) electrons. The van der Waals surface area contributed by atoms with Gasteiger partial charge in [-0.25, -0.2) is 9.59 Å². The molecule has 0 aliphatic carbocycles. The number of nitrogens with zero attached hydrogens (tertiary/aromatic N) is 1. The van der Waals surface area contributed by atoms with Crippen LogP contribution in [0.25, 0.3) is 6.08 Å². The second kappa shape index (κ2) is 9.02. The highest BCUT2D eigenvalue weighted by atomic mass is 32.2. The van der Waals surface area contributed by atoms with E-state index in [1.807, 2.05) is 30.3 Å². The van der Waals surface area contributed by atoms with Gasteiger partial charge in [0.15, 0.2) is 0 Å². The summed E-state index contributed by atoms with van der Waals surface area (Å²) in [6.45, 7) is 0. The summed E-state index contributed by atoms with van der Waals surface area (Å²) < 4.78 is 4.86. The number of hydrogen-bond acceptors (Lipinski definition) is 6. The monoisotopic (exact) mass is 427 g/mol. The van der Waals surface area contributed by atoms with Gasteiger partial charge in [0.2, 0.25) is 0 Å². The van der Waals surface area contributed by atoms with Crippen LogP contribution < -0.4 is 0 Å². The molecule has 0 aromatic heterocycles. The molecule has 0 saturated carbocycles. The van der Waals surface area contributed by atoms with Gasteiger partial charge in [-0.2, -0.15) is 0 Å². The van der Waals surface area contributed by atoms with Crippen LogP contribution in [0.5, 0.6) is 0 Å². The highest BCUT2D eigenvalue weighted by Gasteiger charge is 2.40. The van der Waals surface area contributed by atoms with Gasteiger partial charge < -0.3 is 9.84 Å². The minimum atomic E-state index is -1.12. The lowest BCUT2D eigenvalue weighted by Gasteiger charge is -2.23. The molecule has 1 aliphatic rings. The van der Waals surface area contributed by atoms with E-state index in [0.717, 1.165) is 22.2 Å². The second-order valence-electron chi connectivity index (χ2n) is 6.21. The number of amides is 1. The Labute approximate surface area is 177 Å². The lowest BCUT2D eigenvalue weighted by atomic mass is 10.0. The number of hydrogen-bond donors (Lipinski definition) is 1. The number of rotatable bonds is 6. The number of carboxylic acid groups (broad SMARTS) is 1. The van der Waals surface area contributed by atoms with Gasteiger partial charge >= 0.3 is 11.9 Å². The molecule has 8 heteroatoms. The topological polar surface area (TPSA) is 83.9 Å². The molecule has 1 N–H and O–H groups in total. The smallest absolute Gasteiger partial charge is 0.337 e. The largest absolute Gasteiger partial charge is 0.480 e. The van der Waals surface area contributed by atoms with E-state index in [1.165, 1.54) is 7.11 Å². The summed E-state index contributed by atoms with van der Waals surface area (Å²) in [5, 5.41) is 9.69. The van der Waals surface area contributed by atoms with Crippen molar-refractivity contribution in [2.45, 2.75) is 12.5 Å². The zero-order valence-electron chi connectivity index (χ0n) is 15.4. The van der Waals surface area contributed by atoms with Crippen molar-refractivity contribution in [3.05, 3.63) is 76.2 Å². The minimum Gasteiger partial charge on any atom is -0.480 e. The number of carboxylic acids is 1. The third kappa shape index (κ3) is 4.72. The van der Waals surface area contributed by atoms with Crippen molar-refractivity contribution in [1.82, 2.24) is 4.90 Å². The highest BCUT2D eigenvalue weighted by Crippen LogP contribution is 2.34. The molecule has 1 atom stereocenters. The number of aliphatic carboxylic acids is 1. The molecule has 148 valence electrons. The number of carbonyl (C=O) groups is 3. The maximum atomic E-state index is 12.9. The summed E-state index contributed by atoms with van der Waals surface area (Å²) in [7, 11) is 1.30. The lowest BCUT2D eigenvalue weighted by Crippen LogP contribution is -2.45. The highest BCUT2D eigenvalue weighted by molar-refractivity contribution is 8.26. The van der Waals surface area contributed by atoms with Gasteiger partial charge in [0, 0.05) is 6.42 Å². The number of carbonyl (C=O) groups excluding carboxylic acids is 2. The van der Waals surface area contributed by atoms with Crippen molar-refractivity contribution in [2.75, 3.05) is 7.11 Å². The molecule has 6 nitrogen and oxygen atoms in total. The van der Waals surface area contributed by atoms with E-state index in [1.54, 1.807) is 30.3 Å². The molecule has 0 bridgehead atoms. The third-order valence-electron chi connectivity index (χ3n) is 4.32. The predicted octanol–water partition coefficient (Wildman–Crippen LogP) is 3.37. The number of benzene rings is 2. The summed E-state index contributed by atoms with van der Waals surface area (Å²) in [6.07, 6.45) is 1.78. The number of ether oxygens (including phenoxy) is 1. The van der Waals surface area contributed by atoms with Crippen molar-refractivity contribution in [2.24, 2.45) is 0 Å². The lowest BCUT2D eigenvalue weighted by molar-refractivity contribution is -0.145. The average molecular weight is 428 g/mol. The van der Waals surface area contributed by atoms with Crippen LogP contribution in [0.3, 0.4) is 0 Å². The molecule has 1 amide bonds. The minimum absolute atomic E-state index is 0.156. The van der Waals surface area contributed by atoms with Gasteiger partial charge in [-0.1, -0.05) is 66.4 Å². The summed E-state index contributed by atoms with van der Waals surface area (Å²) in [5.41, 5.74) is 1.88. The van der Waals surface area contributed by atoms with Gasteiger partial charge in [0.05, 0.1) is 17.6 Å². The van der Waals surface area contributed by atoms with E-state index in [9.17, 15) is 19.5 Å². The summed E-state index contributed by atoms with van der Waals surface area (Å²) in [4.78, 5) is 37.8. The Hall–Kier alpha value is -2.97. The Morgan fingerprint density at radius 3 is 2.41 bits per heavy atom. The second-order valence-corrected chi connectivity index (χ2v) is 7.88. The molecule has 2 aromatic rings. The fraction of sp³-hybridized carbons (Fsp3) is 0.143. The Morgan fingerprint density at radius 1 is 1.17 bits per heavy atom. The van der Waals surface area contributed by atoms with Crippen molar-refractivity contribution in [3.63, 3.8) is 0 Å². The first-order valence-corrected chi connectivity index (χ1v) is 9.85. The molecule has 29 heavy (non-hydrogen) atoms. The summed E-state index contributed by atoms with van der Waals surface area (Å²) >= 11 is 6.36. The van der Waals surface area contributed by atoms with Crippen LogP contribution >= 0.6 is 24.0 Å². The molecular formula is C21H17NO5S2. The van der Waals surface area contributed by atoms with Crippen LogP contribution in [0.4, 0.5) is 0 Å². The van der Waals surface area contributed by atoms with Gasteiger partial charge in [0.1, 0.15) is 10.4 Å². The van der Waals surface area contributed by atoms with Crippen LogP contribution in [0.1, 0.15) is 21.5 Å². The predicted molar refractivity (Wildman–Crippen MR) is 114 cm³/mol. The van der Waals surface area contributed by atoms with Gasteiger partial charge in [0.25, 0.3) is 5.91 Å². The third-order valence-corrected chi connectivity index (χ3v) is 5.65. The molecule has 2 aromatic carbocycles. The Balaban J connectivity index is 1.83. The van der Waals surface area contributed by atoms with Crippen molar-refractivity contribution in [1.29, 1.82) is 0 Å². The quantitative estimate of drug-likeness (QED) is 0.430. The summed E-state index contributed by atoms with van der Waals surface area (Å²) in [5.74, 6) is -2.01. The molecule has 0 spiro atoms. The van der Waals surface area contributed by atoms with Gasteiger partial charge in [-0.3, -0.25) is 9.69 Å². The molecule has 1 heterocycles. The van der Waals surface area contributed by atoms with E-state index in [0.29, 0.717) is 16.0 Å². The zero-order valence-corrected chi connectivity index (χ0v) is 17.0. The van der Waals surface area contributed by atoms with Gasteiger partial charge in [-0.15, -0.1) is 0 Å². The van der Waals surface area contributed by atoms with Gasteiger partial charge in [-0.05, 0) is 29.3 Å². The number of methoxy groups -OCH3 is 1. The molecule has 0 unspecified atom stereocenters. The van der Waals surface area contributed by atoms with E-state index in [4.69, 9.17) is 12.2 Å². The number of esters is 1. The first-order valence-electron chi connectivity index (χ1n) is 8.63. The van der Waals surface area contributed by atoms with Crippen LogP contribution in [0, 0.1) is 0 Å². The van der Waals surface area contributed by atoms with Crippen molar-refractivity contribution < 1.29 is 24.2 Å². The fourth-order valence-corrected chi connectivity index (χ4v) is 4.22. The SMILES string of the molecule is COC(=O)c1ccc(/C=C2\SC(=S)N([C@@H](Cc3ccccc3)C(=O)O)C2=O)cc1. The molecule has 1 fully saturated rings. The first-order chi connectivity index (χ1) is 13.9. The molecule has 3 rings (SSSR count). The molecule has 1 aliphatic heterocycles. The van der Waals surface area contributed by atoms with Crippen LogP contribution in [-0.4, -0.2) is 45.3 Å². The van der Waals surface area contributed by atoms with Crippen molar-refractivity contribution in [3.8, 4) is 0 Å². The number of thiocarbonyl (C=S) groups is 1. The Kier molecular flexibility index (Phi) is 6.46. The fourth-order valence-electron chi connectivity index (χ4n) is 2.86. The van der Waals surface area contributed by atoms with E-state index >= 15 is 0 Å². The molecular weight excluding hydrogens is 410 g/mol. The maximum absolute atomic E-state index is 12.9. The van der Waals surface area contributed by atoms with E-state index in [-0.39, 0.29) is 10.7 Å².